The third-order valence-electron chi connectivity index (χ3n) is 6.28. The van der Waals surface area contributed by atoms with Crippen LogP contribution in [0.2, 0.25) is 0 Å². The zero-order valence-electron chi connectivity index (χ0n) is 18.5. The summed E-state index contributed by atoms with van der Waals surface area (Å²) in [4.78, 5) is 19.0. The molecule has 2 aliphatic heterocycles. The molecule has 168 valence electrons. The predicted molar refractivity (Wildman–Crippen MR) is 124 cm³/mol. The summed E-state index contributed by atoms with van der Waals surface area (Å²) in [5.74, 6) is 1.83. The lowest BCUT2D eigenvalue weighted by molar-refractivity contribution is 0.542. The summed E-state index contributed by atoms with van der Waals surface area (Å²) in [5, 5.41) is 3.26. The Bertz CT molecular complexity index is 773. The molecule has 4 rings (SSSR count). The number of benzene rings is 1. The molecular weight excluding hydrogens is 391 g/mol. The number of nitrogens with zero attached hydrogens (tertiary/aromatic N) is 5. The van der Waals surface area contributed by atoms with Crippen molar-refractivity contribution in [3.63, 3.8) is 0 Å². The van der Waals surface area contributed by atoms with Crippen LogP contribution in [0.25, 0.3) is 0 Å². The van der Waals surface area contributed by atoms with E-state index in [9.17, 15) is 4.39 Å². The first-order valence-electron chi connectivity index (χ1n) is 12.0. The molecule has 3 heterocycles. The molecule has 1 N–H and O–H groups in total. The van der Waals surface area contributed by atoms with Gasteiger partial charge in [0.25, 0.3) is 0 Å². The first kappa shape index (κ1) is 21.8. The average molecular weight is 427 g/mol. The molecule has 6 nitrogen and oxygen atoms in total. The quantitative estimate of drug-likeness (QED) is 0.712. The Morgan fingerprint density at radius 2 is 1.16 bits per heavy atom. The smallest absolute Gasteiger partial charge is 0.231 e. The van der Waals surface area contributed by atoms with Crippen LogP contribution in [0.1, 0.15) is 69.8 Å². The summed E-state index contributed by atoms with van der Waals surface area (Å²) in [6, 6.07) is 6.84. The van der Waals surface area contributed by atoms with Crippen molar-refractivity contribution in [2.45, 2.75) is 70.8 Å². The Morgan fingerprint density at radius 1 is 0.677 bits per heavy atom. The third-order valence-corrected chi connectivity index (χ3v) is 6.28. The van der Waals surface area contributed by atoms with Gasteiger partial charge in [-0.15, -0.1) is 0 Å². The fourth-order valence-electron chi connectivity index (χ4n) is 4.43. The Labute approximate surface area is 185 Å². The number of aromatic nitrogens is 3. The summed E-state index contributed by atoms with van der Waals surface area (Å²) in [6.45, 7) is 4.29. The van der Waals surface area contributed by atoms with Gasteiger partial charge in [-0.25, -0.2) is 4.39 Å². The molecule has 2 aromatic rings. The molecule has 0 atom stereocenters. The van der Waals surface area contributed by atoms with Crippen LogP contribution in [0.4, 0.5) is 22.2 Å². The molecule has 2 fully saturated rings. The first-order valence-corrected chi connectivity index (χ1v) is 12.0. The zero-order chi connectivity index (χ0) is 21.3. The van der Waals surface area contributed by atoms with E-state index in [-0.39, 0.29) is 5.82 Å². The molecule has 0 saturated carbocycles. The minimum Gasteiger partial charge on any atom is -0.350 e. The van der Waals surface area contributed by atoms with Gasteiger partial charge >= 0.3 is 0 Å². The van der Waals surface area contributed by atoms with Gasteiger partial charge in [0.05, 0.1) is 0 Å². The number of hydrogen-bond donors (Lipinski definition) is 1. The summed E-state index contributed by atoms with van der Waals surface area (Å²) < 4.78 is 14.1. The highest BCUT2D eigenvalue weighted by atomic mass is 19.1. The van der Waals surface area contributed by atoms with Gasteiger partial charge in [-0.2, -0.15) is 15.0 Å². The van der Waals surface area contributed by atoms with Crippen molar-refractivity contribution in [2.75, 3.05) is 41.3 Å². The van der Waals surface area contributed by atoms with Crippen LogP contribution < -0.4 is 15.1 Å². The van der Waals surface area contributed by atoms with Gasteiger partial charge in [-0.3, -0.25) is 0 Å². The summed E-state index contributed by atoms with van der Waals surface area (Å²) in [6.07, 6.45) is 12.4. The molecule has 0 bridgehead atoms. The SMILES string of the molecule is Fc1ccccc1CNc1nc(N2CCCCCCC2)nc(N2CCCCCCC2)n1. The van der Waals surface area contributed by atoms with Gasteiger partial charge in [0.2, 0.25) is 17.8 Å². The molecule has 2 saturated heterocycles. The van der Waals surface area contributed by atoms with E-state index >= 15 is 0 Å². The fraction of sp³-hybridized carbons (Fsp3) is 0.625. The Kier molecular flexibility index (Phi) is 7.91. The fourth-order valence-corrected chi connectivity index (χ4v) is 4.43. The molecule has 7 heteroatoms. The molecule has 0 radical (unpaired) electrons. The number of rotatable bonds is 5. The van der Waals surface area contributed by atoms with Crippen LogP contribution in [0.5, 0.6) is 0 Å². The molecule has 2 aliphatic rings. The van der Waals surface area contributed by atoms with Crippen LogP contribution in [0, 0.1) is 5.82 Å². The van der Waals surface area contributed by atoms with Gasteiger partial charge in [-0.05, 0) is 31.7 Å². The second-order valence-corrected chi connectivity index (χ2v) is 8.71. The summed E-state index contributed by atoms with van der Waals surface area (Å²) >= 11 is 0. The zero-order valence-corrected chi connectivity index (χ0v) is 18.5. The molecule has 1 aromatic heterocycles. The number of anilines is 3. The lowest BCUT2D eigenvalue weighted by Crippen LogP contribution is -2.32. The van der Waals surface area contributed by atoms with E-state index in [0.29, 0.717) is 18.1 Å². The van der Waals surface area contributed by atoms with Crippen LogP contribution in [0.15, 0.2) is 24.3 Å². The highest BCUT2D eigenvalue weighted by Gasteiger charge is 2.19. The molecule has 0 aliphatic carbocycles. The molecule has 0 spiro atoms. The largest absolute Gasteiger partial charge is 0.350 e. The van der Waals surface area contributed by atoms with Gasteiger partial charge in [0.15, 0.2) is 0 Å². The van der Waals surface area contributed by atoms with Crippen molar-refractivity contribution in [2.24, 2.45) is 0 Å². The maximum Gasteiger partial charge on any atom is 0.231 e. The Hall–Kier alpha value is -2.44. The lowest BCUT2D eigenvalue weighted by atomic mass is 10.1. The van der Waals surface area contributed by atoms with Crippen molar-refractivity contribution in [3.8, 4) is 0 Å². The first-order chi connectivity index (χ1) is 15.3. The number of hydrogen-bond acceptors (Lipinski definition) is 6. The van der Waals surface area contributed by atoms with E-state index in [1.807, 2.05) is 6.07 Å². The molecule has 31 heavy (non-hydrogen) atoms. The predicted octanol–water partition coefficient (Wildman–Crippen LogP) is 5.16. The normalized spacial score (nSPS) is 18.6. The average Bonchev–Trinajstić information content (AvgIpc) is 2.72. The van der Waals surface area contributed by atoms with E-state index < -0.39 is 0 Å². The Morgan fingerprint density at radius 3 is 1.68 bits per heavy atom. The van der Waals surface area contributed by atoms with E-state index in [1.165, 1.54) is 70.3 Å². The second kappa shape index (κ2) is 11.3. The standard InChI is InChI=1S/C24H35FN6/c25-21-14-8-7-13-20(21)19-26-22-27-23(30-15-9-3-1-4-10-16-30)29-24(28-22)31-17-11-5-2-6-12-18-31/h7-8,13-14H,1-6,9-12,15-19H2,(H,26,27,28,29). The van der Waals surface area contributed by atoms with Crippen molar-refractivity contribution in [3.05, 3.63) is 35.6 Å². The monoisotopic (exact) mass is 426 g/mol. The van der Waals surface area contributed by atoms with E-state index in [2.05, 4.69) is 15.1 Å². The number of nitrogens with one attached hydrogen (secondary N) is 1. The molecule has 0 amide bonds. The van der Waals surface area contributed by atoms with Crippen LogP contribution in [-0.2, 0) is 6.54 Å². The van der Waals surface area contributed by atoms with Crippen LogP contribution in [0.3, 0.4) is 0 Å². The highest BCUT2D eigenvalue weighted by molar-refractivity contribution is 5.45. The van der Waals surface area contributed by atoms with Crippen LogP contribution >= 0.6 is 0 Å². The highest BCUT2D eigenvalue weighted by Crippen LogP contribution is 2.22. The minimum absolute atomic E-state index is 0.211. The number of halogens is 1. The van der Waals surface area contributed by atoms with E-state index in [1.54, 1.807) is 12.1 Å². The van der Waals surface area contributed by atoms with Crippen molar-refractivity contribution < 1.29 is 4.39 Å². The van der Waals surface area contributed by atoms with Crippen molar-refractivity contribution in [1.82, 2.24) is 15.0 Å². The van der Waals surface area contributed by atoms with E-state index in [4.69, 9.17) is 15.0 Å². The van der Waals surface area contributed by atoms with Gasteiger partial charge in [0, 0.05) is 38.3 Å². The minimum atomic E-state index is -0.211. The van der Waals surface area contributed by atoms with Gasteiger partial charge in [-0.1, -0.05) is 56.7 Å². The van der Waals surface area contributed by atoms with Crippen molar-refractivity contribution in [1.29, 1.82) is 0 Å². The van der Waals surface area contributed by atoms with Crippen LogP contribution in [-0.4, -0.2) is 41.1 Å². The van der Waals surface area contributed by atoms with E-state index in [0.717, 1.165) is 38.1 Å². The van der Waals surface area contributed by atoms with Gasteiger partial charge < -0.3 is 15.1 Å². The molecular formula is C24H35FN6. The third kappa shape index (κ3) is 6.28. The molecule has 1 aromatic carbocycles. The summed E-state index contributed by atoms with van der Waals surface area (Å²) in [7, 11) is 0. The maximum atomic E-state index is 14.1. The molecule has 0 unspecified atom stereocenters. The second-order valence-electron chi connectivity index (χ2n) is 8.71. The summed E-state index contributed by atoms with van der Waals surface area (Å²) in [5.41, 5.74) is 0.614. The van der Waals surface area contributed by atoms with Crippen molar-refractivity contribution >= 4 is 17.8 Å². The Balaban J connectivity index is 1.58. The maximum absolute atomic E-state index is 14.1. The van der Waals surface area contributed by atoms with Gasteiger partial charge in [0.1, 0.15) is 5.82 Å². The topological polar surface area (TPSA) is 57.2 Å². The lowest BCUT2D eigenvalue weighted by Gasteiger charge is -2.28.